The second-order valence-corrected chi connectivity index (χ2v) is 8.44. The van der Waals surface area contributed by atoms with Gasteiger partial charge in [-0.15, -0.1) is 11.3 Å². The van der Waals surface area contributed by atoms with Crippen LogP contribution in [0.1, 0.15) is 36.6 Å². The van der Waals surface area contributed by atoms with Crippen LogP contribution in [0.15, 0.2) is 42.5 Å². The number of likely N-dealkylation sites (tertiary alicyclic amines) is 2. The first-order chi connectivity index (χ1) is 12.2. The van der Waals surface area contributed by atoms with Crippen LogP contribution in [0.2, 0.25) is 0 Å². The van der Waals surface area contributed by atoms with Gasteiger partial charge in [-0.1, -0.05) is 36.8 Å². The van der Waals surface area contributed by atoms with Gasteiger partial charge in [0.25, 0.3) is 0 Å². The van der Waals surface area contributed by atoms with Crippen LogP contribution in [-0.4, -0.2) is 42.4 Å². The predicted octanol–water partition coefficient (Wildman–Crippen LogP) is 4.42. The molecule has 4 rings (SSSR count). The minimum Gasteiger partial charge on any atom is -0.338 e. The molecule has 2 fully saturated rings. The lowest BCUT2D eigenvalue weighted by Crippen LogP contribution is -2.36. The molecule has 3 heterocycles. The van der Waals surface area contributed by atoms with E-state index in [0.717, 1.165) is 26.1 Å². The van der Waals surface area contributed by atoms with Crippen LogP contribution in [0.3, 0.4) is 0 Å². The maximum Gasteiger partial charge on any atom is 0.227 e. The standard InChI is InChI=1S/C21H26N2OS/c1-22-18(14-17(21(22)24)15-23-12-6-3-7-13-23)20-11-10-19(25-20)16-8-4-2-5-9-16/h2,4-5,8-11,17-18H,3,6-7,12-15H2,1H3. The van der Waals surface area contributed by atoms with Gasteiger partial charge in [-0.05, 0) is 50.0 Å². The van der Waals surface area contributed by atoms with Crippen LogP contribution < -0.4 is 0 Å². The SMILES string of the molecule is CN1C(=O)C(CN2CCCCC2)CC1c1ccc(-c2ccccc2)s1. The molecule has 1 aromatic heterocycles. The molecule has 1 amide bonds. The van der Waals surface area contributed by atoms with Crippen LogP contribution >= 0.6 is 11.3 Å². The minimum absolute atomic E-state index is 0.162. The van der Waals surface area contributed by atoms with Gasteiger partial charge < -0.3 is 9.80 Å². The third-order valence-electron chi connectivity index (χ3n) is 5.61. The summed E-state index contributed by atoms with van der Waals surface area (Å²) in [5.41, 5.74) is 1.26. The Kier molecular flexibility index (Phi) is 4.91. The summed E-state index contributed by atoms with van der Waals surface area (Å²) < 4.78 is 0. The van der Waals surface area contributed by atoms with Gasteiger partial charge in [0.15, 0.2) is 0 Å². The third kappa shape index (κ3) is 3.51. The van der Waals surface area contributed by atoms with E-state index in [1.807, 2.05) is 29.4 Å². The van der Waals surface area contributed by atoms with E-state index in [-0.39, 0.29) is 12.0 Å². The Bertz CT molecular complexity index is 721. The number of carbonyl (C=O) groups excluding carboxylic acids is 1. The second kappa shape index (κ2) is 7.30. The first-order valence-electron chi connectivity index (χ1n) is 9.36. The van der Waals surface area contributed by atoms with Gasteiger partial charge in [-0.2, -0.15) is 0 Å². The fourth-order valence-corrected chi connectivity index (χ4v) is 5.34. The van der Waals surface area contributed by atoms with Crippen molar-refractivity contribution in [2.75, 3.05) is 26.7 Å². The first kappa shape index (κ1) is 16.8. The van der Waals surface area contributed by atoms with Crippen molar-refractivity contribution in [1.82, 2.24) is 9.80 Å². The molecule has 2 unspecified atom stereocenters. The van der Waals surface area contributed by atoms with Crippen molar-refractivity contribution in [3.63, 3.8) is 0 Å². The van der Waals surface area contributed by atoms with E-state index in [2.05, 4.69) is 41.3 Å². The molecule has 1 aromatic carbocycles. The van der Waals surface area contributed by atoms with Gasteiger partial charge in [0.05, 0.1) is 12.0 Å². The molecule has 2 atom stereocenters. The highest BCUT2D eigenvalue weighted by atomic mass is 32.1. The number of piperidine rings is 1. The zero-order valence-corrected chi connectivity index (χ0v) is 15.7. The quantitative estimate of drug-likeness (QED) is 0.811. The summed E-state index contributed by atoms with van der Waals surface area (Å²) >= 11 is 1.83. The zero-order chi connectivity index (χ0) is 17.2. The molecule has 4 heteroatoms. The number of hydrogen-bond acceptors (Lipinski definition) is 3. The summed E-state index contributed by atoms with van der Waals surface area (Å²) in [6.45, 7) is 3.27. The summed E-state index contributed by atoms with van der Waals surface area (Å²) in [6, 6.07) is 15.2. The van der Waals surface area contributed by atoms with E-state index in [9.17, 15) is 4.79 Å². The number of amides is 1. The maximum absolute atomic E-state index is 12.7. The second-order valence-electron chi connectivity index (χ2n) is 7.33. The third-order valence-corrected chi connectivity index (χ3v) is 6.85. The molecule has 2 saturated heterocycles. The highest BCUT2D eigenvalue weighted by Crippen LogP contribution is 2.41. The summed E-state index contributed by atoms with van der Waals surface area (Å²) in [4.78, 5) is 19.8. The monoisotopic (exact) mass is 354 g/mol. The lowest BCUT2D eigenvalue weighted by molar-refractivity contribution is -0.131. The fraction of sp³-hybridized carbons (Fsp3) is 0.476. The van der Waals surface area contributed by atoms with E-state index < -0.39 is 0 Å². The average Bonchev–Trinajstić information content (AvgIpc) is 3.24. The van der Waals surface area contributed by atoms with Crippen molar-refractivity contribution in [3.8, 4) is 10.4 Å². The Morgan fingerprint density at radius 2 is 1.80 bits per heavy atom. The number of nitrogens with zero attached hydrogens (tertiary/aromatic N) is 2. The molecule has 132 valence electrons. The smallest absolute Gasteiger partial charge is 0.227 e. The van der Waals surface area contributed by atoms with Crippen LogP contribution in [0.5, 0.6) is 0 Å². The van der Waals surface area contributed by atoms with Gasteiger partial charge in [-0.3, -0.25) is 4.79 Å². The van der Waals surface area contributed by atoms with E-state index in [1.54, 1.807) is 0 Å². The Labute approximate surface area is 154 Å². The summed E-state index contributed by atoms with van der Waals surface area (Å²) in [6.07, 6.45) is 4.87. The van der Waals surface area contributed by atoms with Gasteiger partial charge in [-0.25, -0.2) is 0 Å². The van der Waals surface area contributed by atoms with Gasteiger partial charge in [0, 0.05) is 23.3 Å². The normalized spacial score (nSPS) is 24.8. The summed E-state index contributed by atoms with van der Waals surface area (Å²) in [5.74, 6) is 0.487. The number of carbonyl (C=O) groups is 1. The molecule has 2 aromatic rings. The maximum atomic E-state index is 12.7. The molecule has 0 bridgehead atoms. The Hall–Kier alpha value is -1.65. The van der Waals surface area contributed by atoms with Crippen molar-refractivity contribution >= 4 is 17.2 Å². The Morgan fingerprint density at radius 3 is 2.56 bits per heavy atom. The summed E-state index contributed by atoms with van der Waals surface area (Å²) in [5, 5.41) is 0. The molecular formula is C21H26N2OS. The molecule has 2 aliphatic rings. The predicted molar refractivity (Wildman–Crippen MR) is 104 cm³/mol. The average molecular weight is 355 g/mol. The van der Waals surface area contributed by atoms with Crippen molar-refractivity contribution in [2.24, 2.45) is 5.92 Å². The molecule has 3 nitrogen and oxygen atoms in total. The Balaban J connectivity index is 1.47. The van der Waals surface area contributed by atoms with E-state index >= 15 is 0 Å². The zero-order valence-electron chi connectivity index (χ0n) is 14.9. The number of thiophene rings is 1. The van der Waals surface area contributed by atoms with E-state index in [1.165, 1.54) is 34.6 Å². The number of rotatable bonds is 4. The lowest BCUT2D eigenvalue weighted by Gasteiger charge is -2.28. The molecule has 0 radical (unpaired) electrons. The fourth-order valence-electron chi connectivity index (χ4n) is 4.17. The molecular weight excluding hydrogens is 328 g/mol. The van der Waals surface area contributed by atoms with Crippen LogP contribution in [0.25, 0.3) is 10.4 Å². The van der Waals surface area contributed by atoms with Gasteiger partial charge in [0.2, 0.25) is 5.91 Å². The summed E-state index contributed by atoms with van der Waals surface area (Å²) in [7, 11) is 1.98. The van der Waals surface area contributed by atoms with Crippen molar-refractivity contribution in [3.05, 3.63) is 47.3 Å². The number of benzene rings is 1. The first-order valence-corrected chi connectivity index (χ1v) is 10.2. The van der Waals surface area contributed by atoms with E-state index in [0.29, 0.717) is 5.91 Å². The highest BCUT2D eigenvalue weighted by Gasteiger charge is 2.39. The van der Waals surface area contributed by atoms with Crippen LogP contribution in [0.4, 0.5) is 0 Å². The van der Waals surface area contributed by atoms with Crippen molar-refractivity contribution < 1.29 is 4.79 Å². The largest absolute Gasteiger partial charge is 0.338 e. The van der Waals surface area contributed by atoms with Crippen molar-refractivity contribution in [1.29, 1.82) is 0 Å². The molecule has 25 heavy (non-hydrogen) atoms. The van der Waals surface area contributed by atoms with E-state index in [4.69, 9.17) is 0 Å². The van der Waals surface area contributed by atoms with Crippen LogP contribution in [0, 0.1) is 5.92 Å². The molecule has 0 spiro atoms. The van der Waals surface area contributed by atoms with Gasteiger partial charge >= 0.3 is 0 Å². The Morgan fingerprint density at radius 1 is 1.04 bits per heavy atom. The highest BCUT2D eigenvalue weighted by molar-refractivity contribution is 7.15. The van der Waals surface area contributed by atoms with Gasteiger partial charge in [0.1, 0.15) is 0 Å². The van der Waals surface area contributed by atoms with Crippen molar-refractivity contribution in [2.45, 2.75) is 31.7 Å². The molecule has 0 aliphatic carbocycles. The minimum atomic E-state index is 0.162. The lowest BCUT2D eigenvalue weighted by atomic mass is 10.0. The molecule has 0 saturated carbocycles. The number of hydrogen-bond donors (Lipinski definition) is 0. The molecule has 2 aliphatic heterocycles. The topological polar surface area (TPSA) is 23.6 Å². The molecule has 0 N–H and O–H groups in total. The van der Waals surface area contributed by atoms with Crippen LogP contribution in [-0.2, 0) is 4.79 Å².